The fourth-order valence-electron chi connectivity index (χ4n) is 10.4. The number of ether oxygens (including phenoxy) is 3. The van der Waals surface area contributed by atoms with Crippen molar-refractivity contribution in [2.45, 2.75) is 161 Å². The standard InChI is InChI=1S/C66H82N6O16/c1-38(2)48(32-39(3)62(82)83)71(10)61(81)59(65(4,5)6)70-60(80)58(67-9)66(7,8)45-22-17-18-40(33-45)35-53(76)86-37-41-26-29-49(87-64-56(79)54(77)55(78)57(88-64)63(84)85)46(34-41)69-51(74)30-31-68-50(73)24-15-16-25-52(75)72-36-44-21-12-11-19-42(44)27-28-43-20-13-14-23-47(43)72/h11-14,17-23,26,29,32-34,38,48,54-59,64,67,77-79H,15-16,24-25,30-31,35-37H2,1-10H3,(H,68,73)(H,69,74)(H,70,80)(H,82,83)(H,84,85)/b39-32+/t48-,54?,55?,56?,57?,58+,59-,64?/m1/s1. The number of carboxylic acids is 2. The number of carboxylic acid groups (broad SMARTS) is 2. The normalized spacial score (nSPS) is 18.5. The molecule has 5 amide bonds. The first-order chi connectivity index (χ1) is 41.5. The smallest absolute Gasteiger partial charge is 0.335 e. The molecule has 2 aliphatic rings. The molecule has 0 spiro atoms. The number of esters is 1. The average molecular weight is 1220 g/mol. The number of nitrogens with zero attached hydrogens (tertiary/aromatic N) is 2. The van der Waals surface area contributed by atoms with Crippen LogP contribution in [0.2, 0.25) is 0 Å². The molecule has 472 valence electrons. The fourth-order valence-corrected chi connectivity index (χ4v) is 10.4. The summed E-state index contributed by atoms with van der Waals surface area (Å²) in [6, 6.07) is 23.9. The molecule has 2 heterocycles. The molecule has 1 fully saturated rings. The molecule has 6 rings (SSSR count). The van der Waals surface area contributed by atoms with Crippen LogP contribution in [0.5, 0.6) is 5.75 Å². The van der Waals surface area contributed by atoms with Gasteiger partial charge in [0.05, 0.1) is 36.4 Å². The Morgan fingerprint density at radius 3 is 2.12 bits per heavy atom. The maximum Gasteiger partial charge on any atom is 0.335 e. The number of hydrogen-bond acceptors (Lipinski definition) is 15. The molecule has 88 heavy (non-hydrogen) atoms. The average Bonchev–Trinajstić information content (AvgIpc) is 2.61. The first kappa shape index (κ1) is 68.7. The summed E-state index contributed by atoms with van der Waals surface area (Å²) in [4.78, 5) is 109. The molecule has 2 aliphatic heterocycles. The fraction of sp³-hybridized carbons (Fsp3) is 0.455. The van der Waals surface area contributed by atoms with Gasteiger partial charge < -0.3 is 70.8 Å². The van der Waals surface area contributed by atoms with E-state index in [4.69, 9.17) is 14.2 Å². The first-order valence-corrected chi connectivity index (χ1v) is 29.2. The zero-order valence-corrected chi connectivity index (χ0v) is 51.4. The second kappa shape index (κ2) is 30.4. The molecular weight excluding hydrogens is 1130 g/mol. The molecular formula is C66H82N6O16. The van der Waals surface area contributed by atoms with Gasteiger partial charge in [-0.15, -0.1) is 0 Å². The van der Waals surface area contributed by atoms with Crippen LogP contribution >= 0.6 is 0 Å². The van der Waals surface area contributed by atoms with Crippen molar-refractivity contribution in [1.82, 2.24) is 20.9 Å². The summed E-state index contributed by atoms with van der Waals surface area (Å²) in [5.74, 6) is 0.709. The van der Waals surface area contributed by atoms with Gasteiger partial charge in [-0.05, 0) is 90.7 Å². The van der Waals surface area contributed by atoms with Crippen molar-refractivity contribution in [3.63, 3.8) is 0 Å². The van der Waals surface area contributed by atoms with Crippen LogP contribution in [0.1, 0.15) is 121 Å². The molecule has 1 saturated heterocycles. The Labute approximate surface area is 513 Å². The second-order valence-electron chi connectivity index (χ2n) is 24.1. The van der Waals surface area contributed by atoms with Crippen molar-refractivity contribution < 1.29 is 78.1 Å². The number of fused-ring (bicyclic) bond motifs is 2. The molecule has 0 radical (unpaired) electrons. The van der Waals surface area contributed by atoms with E-state index in [2.05, 4.69) is 33.1 Å². The quantitative estimate of drug-likeness (QED) is 0.0171. The molecule has 0 saturated carbocycles. The summed E-state index contributed by atoms with van der Waals surface area (Å²) in [5, 5.41) is 62.2. The number of rotatable bonds is 26. The van der Waals surface area contributed by atoms with Crippen LogP contribution in [0.4, 0.5) is 11.4 Å². The van der Waals surface area contributed by atoms with E-state index in [1.54, 1.807) is 37.2 Å². The van der Waals surface area contributed by atoms with Gasteiger partial charge in [0.25, 0.3) is 0 Å². The lowest BCUT2D eigenvalue weighted by Crippen LogP contribution is -2.61. The van der Waals surface area contributed by atoms with Crippen LogP contribution in [0.25, 0.3) is 0 Å². The highest BCUT2D eigenvalue weighted by atomic mass is 16.7. The van der Waals surface area contributed by atoms with E-state index >= 15 is 0 Å². The van der Waals surface area contributed by atoms with Crippen molar-refractivity contribution in [3.05, 3.63) is 136 Å². The number of anilines is 2. The summed E-state index contributed by atoms with van der Waals surface area (Å²) in [6.07, 6.45) is -7.61. The minimum absolute atomic E-state index is 0.0537. The van der Waals surface area contributed by atoms with Crippen LogP contribution in [-0.2, 0) is 72.8 Å². The van der Waals surface area contributed by atoms with E-state index in [9.17, 15) is 63.9 Å². The third-order valence-electron chi connectivity index (χ3n) is 15.6. The van der Waals surface area contributed by atoms with Crippen molar-refractivity contribution in [2.24, 2.45) is 11.3 Å². The predicted molar refractivity (Wildman–Crippen MR) is 326 cm³/mol. The van der Waals surface area contributed by atoms with Gasteiger partial charge in [-0.25, -0.2) is 9.59 Å². The van der Waals surface area contributed by atoms with E-state index < -0.39 is 95.3 Å². The molecule has 4 aromatic rings. The van der Waals surface area contributed by atoms with Gasteiger partial charge in [0.15, 0.2) is 6.10 Å². The molecule has 0 aliphatic carbocycles. The number of hydrogen-bond donors (Lipinski definition) is 9. The minimum atomic E-state index is -2.00. The Morgan fingerprint density at radius 1 is 0.784 bits per heavy atom. The number of aliphatic carboxylic acids is 2. The van der Waals surface area contributed by atoms with Crippen molar-refractivity contribution in [1.29, 1.82) is 0 Å². The molecule has 22 heteroatoms. The van der Waals surface area contributed by atoms with Crippen LogP contribution in [0.3, 0.4) is 0 Å². The van der Waals surface area contributed by atoms with Crippen LogP contribution in [0, 0.1) is 23.2 Å². The van der Waals surface area contributed by atoms with Gasteiger partial charge in [0, 0.05) is 55.0 Å². The summed E-state index contributed by atoms with van der Waals surface area (Å²) in [5.41, 5.74) is 3.09. The number of carbonyl (C=O) groups is 8. The summed E-state index contributed by atoms with van der Waals surface area (Å²) < 4.78 is 16.8. The highest BCUT2D eigenvalue weighted by Crippen LogP contribution is 2.34. The van der Waals surface area contributed by atoms with Gasteiger partial charge in [-0.2, -0.15) is 0 Å². The Kier molecular flexibility index (Phi) is 23.8. The lowest BCUT2D eigenvalue weighted by molar-refractivity contribution is -0.271. The summed E-state index contributed by atoms with van der Waals surface area (Å²) in [6.45, 7) is 14.3. The van der Waals surface area contributed by atoms with Gasteiger partial charge in [0.1, 0.15) is 36.7 Å². The Hall–Kier alpha value is -8.46. The number of likely N-dealkylation sites (N-methyl/N-ethyl adjacent to an activating group) is 2. The molecule has 22 nitrogen and oxygen atoms in total. The Balaban J connectivity index is 1.08. The molecule has 0 aromatic heterocycles. The van der Waals surface area contributed by atoms with Gasteiger partial charge in [0.2, 0.25) is 35.8 Å². The van der Waals surface area contributed by atoms with E-state index in [1.165, 1.54) is 36.1 Å². The van der Waals surface area contributed by atoms with Crippen LogP contribution < -0.4 is 30.9 Å². The summed E-state index contributed by atoms with van der Waals surface area (Å²) >= 11 is 0. The third kappa shape index (κ3) is 17.8. The number of nitrogens with one attached hydrogen (secondary N) is 4. The van der Waals surface area contributed by atoms with Gasteiger partial charge in [-0.3, -0.25) is 28.8 Å². The number of unbranched alkanes of at least 4 members (excludes halogenated alkanes) is 1. The van der Waals surface area contributed by atoms with E-state index in [0.29, 0.717) is 41.8 Å². The predicted octanol–water partition coefficient (Wildman–Crippen LogP) is 5.11. The van der Waals surface area contributed by atoms with Crippen molar-refractivity contribution in [3.8, 4) is 17.6 Å². The van der Waals surface area contributed by atoms with Gasteiger partial charge >= 0.3 is 17.9 Å². The molecule has 8 atom stereocenters. The molecule has 5 unspecified atom stereocenters. The number of aliphatic hydroxyl groups excluding tert-OH is 3. The lowest BCUT2D eigenvalue weighted by Gasteiger charge is -2.40. The Morgan fingerprint density at radius 2 is 1.45 bits per heavy atom. The number of carbonyl (C=O) groups excluding carboxylic acids is 6. The number of amides is 5. The van der Waals surface area contributed by atoms with E-state index in [1.807, 2.05) is 103 Å². The van der Waals surface area contributed by atoms with Gasteiger partial charge in [-0.1, -0.05) is 127 Å². The third-order valence-corrected chi connectivity index (χ3v) is 15.6. The number of aliphatic hydroxyl groups is 3. The molecule has 0 bridgehead atoms. The SMILES string of the molecule is CN[C@@H](C(=O)N[C@H](C(=O)N(C)[C@H](/C=C(\C)C(=O)O)C(C)C)C(C)(C)C)C(C)(C)c1cccc(CC(=O)OCc2ccc(OC3OC(C(=O)O)C(O)C(O)C3O)c(NC(=O)CCNC(=O)CCCCC(=O)N3Cc4ccccc4C#Cc4ccccc43)c2)c1. The highest BCUT2D eigenvalue weighted by molar-refractivity contribution is 5.96. The minimum Gasteiger partial charge on any atom is -0.479 e. The van der Waals surface area contributed by atoms with Crippen LogP contribution in [-0.4, -0.2) is 147 Å². The Bertz CT molecular complexity index is 3310. The second-order valence-corrected chi connectivity index (χ2v) is 24.1. The summed E-state index contributed by atoms with van der Waals surface area (Å²) in [7, 11) is 3.21. The highest BCUT2D eigenvalue weighted by Gasteiger charge is 2.48. The zero-order chi connectivity index (χ0) is 64.8. The number of para-hydroxylation sites is 1. The zero-order valence-electron chi connectivity index (χ0n) is 51.4. The molecule has 4 aromatic carbocycles. The maximum atomic E-state index is 14.3. The van der Waals surface area contributed by atoms with E-state index in [0.717, 1.165) is 16.7 Å². The van der Waals surface area contributed by atoms with Crippen LogP contribution in [0.15, 0.2) is 103 Å². The monoisotopic (exact) mass is 1210 g/mol. The lowest BCUT2D eigenvalue weighted by atomic mass is 9.76. The van der Waals surface area contributed by atoms with Crippen molar-refractivity contribution >= 4 is 58.8 Å². The van der Waals surface area contributed by atoms with E-state index in [-0.39, 0.29) is 73.6 Å². The topological polar surface area (TPSA) is 320 Å². The maximum absolute atomic E-state index is 14.3. The first-order valence-electron chi connectivity index (χ1n) is 29.2. The number of benzene rings is 4. The largest absolute Gasteiger partial charge is 0.479 e. The van der Waals surface area contributed by atoms with Crippen molar-refractivity contribution in [2.75, 3.05) is 30.9 Å². The molecule has 9 N–H and O–H groups in total.